The monoisotopic (exact) mass is 506 g/mol. The van der Waals surface area contributed by atoms with Gasteiger partial charge in [-0.05, 0) is 73.5 Å². The number of amides is 1. The third kappa shape index (κ3) is 5.34. The molecule has 2 aromatic heterocycles. The fourth-order valence-corrected chi connectivity index (χ4v) is 3.48. The highest BCUT2D eigenvalue weighted by atomic mass is 16.6. The number of aromatic nitrogens is 5. The molecule has 0 aliphatic rings. The number of nitrogens with zero attached hydrogens (tertiary/aromatic N) is 6. The SMILES string of the molecule is CCOc1ccc(-c2c(C(=O)N/N=C(/C)c3ccc(OCC)c(OC)c3)nnn2-c2nonc2N)cc1. The summed E-state index contributed by atoms with van der Waals surface area (Å²) in [6.45, 7) is 6.56. The third-order valence-electron chi connectivity index (χ3n) is 5.23. The van der Waals surface area contributed by atoms with Crippen LogP contribution in [-0.4, -0.2) is 57.2 Å². The van der Waals surface area contributed by atoms with E-state index in [1.54, 1.807) is 50.4 Å². The first-order chi connectivity index (χ1) is 18.0. The maximum absolute atomic E-state index is 13.2. The lowest BCUT2D eigenvalue weighted by atomic mass is 10.1. The van der Waals surface area contributed by atoms with Crippen molar-refractivity contribution in [1.82, 2.24) is 30.7 Å². The molecule has 2 aromatic carbocycles. The highest BCUT2D eigenvalue weighted by Crippen LogP contribution is 2.29. The maximum Gasteiger partial charge on any atom is 0.294 e. The number of hydrazone groups is 1. The predicted molar refractivity (Wildman–Crippen MR) is 134 cm³/mol. The van der Waals surface area contributed by atoms with Crippen LogP contribution in [0.25, 0.3) is 17.1 Å². The molecule has 192 valence electrons. The average Bonchev–Trinajstić information content (AvgIpc) is 3.54. The fourth-order valence-electron chi connectivity index (χ4n) is 3.48. The number of benzene rings is 2. The summed E-state index contributed by atoms with van der Waals surface area (Å²) < 4.78 is 22.4. The fraction of sp³-hybridized carbons (Fsp3) is 0.250. The molecule has 4 aromatic rings. The molecule has 0 saturated heterocycles. The standard InChI is InChI=1S/C24H26N8O5/c1-5-35-17-10-7-15(8-11-17)21-20(27-31-32(21)23-22(25)29-37-30-23)24(33)28-26-14(3)16-9-12-18(36-6-2)19(13-16)34-4/h7-13H,5-6H2,1-4H3,(H2,25,29)(H,28,33)/b26-14-. The number of nitrogens with one attached hydrogen (secondary N) is 1. The van der Waals surface area contributed by atoms with Crippen molar-refractivity contribution < 1.29 is 23.6 Å². The van der Waals surface area contributed by atoms with Crippen LogP contribution >= 0.6 is 0 Å². The molecule has 0 aliphatic heterocycles. The number of carbonyl (C=O) groups is 1. The summed E-state index contributed by atoms with van der Waals surface area (Å²) in [6.07, 6.45) is 0. The van der Waals surface area contributed by atoms with Gasteiger partial charge in [-0.25, -0.2) is 10.1 Å². The number of nitrogens with two attached hydrogens (primary N) is 1. The van der Waals surface area contributed by atoms with Crippen LogP contribution in [0, 0.1) is 0 Å². The van der Waals surface area contributed by atoms with Gasteiger partial charge in [-0.1, -0.05) is 5.21 Å². The van der Waals surface area contributed by atoms with Crippen LogP contribution in [-0.2, 0) is 0 Å². The Kier molecular flexibility index (Phi) is 7.62. The number of methoxy groups -OCH3 is 1. The van der Waals surface area contributed by atoms with Gasteiger partial charge < -0.3 is 19.9 Å². The Balaban J connectivity index is 1.66. The van der Waals surface area contributed by atoms with Crippen molar-refractivity contribution in [2.75, 3.05) is 26.1 Å². The third-order valence-corrected chi connectivity index (χ3v) is 5.23. The summed E-state index contributed by atoms with van der Waals surface area (Å²) in [5.41, 5.74) is 10.6. The smallest absolute Gasteiger partial charge is 0.294 e. The molecule has 0 spiro atoms. The van der Waals surface area contributed by atoms with Crippen LogP contribution in [0.5, 0.6) is 17.2 Å². The van der Waals surface area contributed by atoms with Crippen LogP contribution in [0.4, 0.5) is 5.82 Å². The van der Waals surface area contributed by atoms with E-state index in [9.17, 15) is 4.79 Å². The molecule has 13 nitrogen and oxygen atoms in total. The minimum atomic E-state index is -0.595. The van der Waals surface area contributed by atoms with Gasteiger partial charge in [0, 0.05) is 11.1 Å². The van der Waals surface area contributed by atoms with Gasteiger partial charge in [0.05, 0.1) is 26.0 Å². The molecule has 13 heteroatoms. The van der Waals surface area contributed by atoms with Crippen molar-refractivity contribution in [2.45, 2.75) is 20.8 Å². The first-order valence-corrected chi connectivity index (χ1v) is 11.4. The lowest BCUT2D eigenvalue weighted by Gasteiger charge is -2.11. The largest absolute Gasteiger partial charge is 0.494 e. The van der Waals surface area contributed by atoms with Crippen LogP contribution in [0.15, 0.2) is 52.2 Å². The second kappa shape index (κ2) is 11.2. The summed E-state index contributed by atoms with van der Waals surface area (Å²) in [4.78, 5) is 13.2. The van der Waals surface area contributed by atoms with Crippen molar-refractivity contribution in [3.63, 3.8) is 0 Å². The van der Waals surface area contributed by atoms with Crippen molar-refractivity contribution in [2.24, 2.45) is 5.10 Å². The van der Waals surface area contributed by atoms with Crippen molar-refractivity contribution in [3.05, 3.63) is 53.7 Å². The molecule has 0 unspecified atom stereocenters. The average molecular weight is 507 g/mol. The van der Waals surface area contributed by atoms with Gasteiger partial charge in [-0.15, -0.1) is 5.10 Å². The van der Waals surface area contributed by atoms with E-state index in [0.717, 1.165) is 5.56 Å². The topological polar surface area (TPSA) is 165 Å². The summed E-state index contributed by atoms with van der Waals surface area (Å²) in [6, 6.07) is 12.4. The Morgan fingerprint density at radius 1 is 1.08 bits per heavy atom. The van der Waals surface area contributed by atoms with Gasteiger partial charge >= 0.3 is 0 Å². The van der Waals surface area contributed by atoms with E-state index in [4.69, 9.17) is 24.6 Å². The van der Waals surface area contributed by atoms with Crippen LogP contribution in [0.2, 0.25) is 0 Å². The van der Waals surface area contributed by atoms with E-state index in [1.807, 2.05) is 19.9 Å². The molecule has 0 aliphatic carbocycles. The molecule has 0 fully saturated rings. The molecule has 2 heterocycles. The zero-order valence-electron chi connectivity index (χ0n) is 20.8. The number of carbonyl (C=O) groups excluding carboxylic acids is 1. The number of nitrogen functional groups attached to an aromatic ring is 1. The van der Waals surface area contributed by atoms with Crippen LogP contribution in [0.3, 0.4) is 0 Å². The van der Waals surface area contributed by atoms with E-state index < -0.39 is 5.91 Å². The van der Waals surface area contributed by atoms with E-state index in [-0.39, 0.29) is 17.3 Å². The van der Waals surface area contributed by atoms with Crippen LogP contribution in [0.1, 0.15) is 36.8 Å². The summed E-state index contributed by atoms with van der Waals surface area (Å²) in [7, 11) is 1.55. The highest BCUT2D eigenvalue weighted by Gasteiger charge is 2.25. The number of hydrogen-bond donors (Lipinski definition) is 2. The van der Waals surface area contributed by atoms with Gasteiger partial charge in [-0.3, -0.25) is 4.79 Å². The molecule has 3 N–H and O–H groups in total. The molecule has 0 radical (unpaired) electrons. The Labute approximate surface area is 212 Å². The maximum atomic E-state index is 13.2. The molecule has 4 rings (SSSR count). The molecule has 37 heavy (non-hydrogen) atoms. The van der Waals surface area contributed by atoms with Gasteiger partial charge in [0.2, 0.25) is 11.6 Å². The van der Waals surface area contributed by atoms with E-state index in [2.05, 4.69) is 31.2 Å². The minimum Gasteiger partial charge on any atom is -0.494 e. The normalized spacial score (nSPS) is 11.3. The van der Waals surface area contributed by atoms with Gasteiger partial charge in [0.25, 0.3) is 5.91 Å². The van der Waals surface area contributed by atoms with E-state index >= 15 is 0 Å². The molecular formula is C24H26N8O5. The predicted octanol–water partition coefficient (Wildman–Crippen LogP) is 2.86. The summed E-state index contributed by atoms with van der Waals surface area (Å²) in [5.74, 6) is 1.33. The summed E-state index contributed by atoms with van der Waals surface area (Å²) in [5, 5.41) is 19.7. The Bertz CT molecular complexity index is 1410. The molecule has 0 bridgehead atoms. The van der Waals surface area contributed by atoms with Gasteiger partial charge in [0.1, 0.15) is 11.4 Å². The number of rotatable bonds is 10. The Hall–Kier alpha value is -4.94. The van der Waals surface area contributed by atoms with Gasteiger partial charge in [-0.2, -0.15) is 9.78 Å². The number of hydrogen-bond acceptors (Lipinski definition) is 11. The minimum absolute atomic E-state index is 0.00705. The van der Waals surface area contributed by atoms with E-state index in [1.165, 1.54) is 4.68 Å². The zero-order chi connectivity index (χ0) is 26.4. The molecular weight excluding hydrogens is 480 g/mol. The molecule has 0 saturated carbocycles. The highest BCUT2D eigenvalue weighted by molar-refractivity contribution is 6.02. The Morgan fingerprint density at radius 3 is 2.49 bits per heavy atom. The van der Waals surface area contributed by atoms with Crippen molar-refractivity contribution in [1.29, 1.82) is 0 Å². The lowest BCUT2D eigenvalue weighted by Crippen LogP contribution is -2.21. The second-order valence-electron chi connectivity index (χ2n) is 7.57. The number of ether oxygens (including phenoxy) is 3. The molecule has 0 atom stereocenters. The lowest BCUT2D eigenvalue weighted by molar-refractivity contribution is 0.0950. The van der Waals surface area contributed by atoms with Gasteiger partial charge in [0.15, 0.2) is 17.2 Å². The van der Waals surface area contributed by atoms with Crippen molar-refractivity contribution >= 4 is 17.4 Å². The second-order valence-corrected chi connectivity index (χ2v) is 7.57. The van der Waals surface area contributed by atoms with Crippen LogP contribution < -0.4 is 25.4 Å². The first kappa shape index (κ1) is 25.2. The quantitative estimate of drug-likeness (QED) is 0.241. The molecule has 1 amide bonds. The van der Waals surface area contributed by atoms with E-state index in [0.29, 0.717) is 47.4 Å². The zero-order valence-corrected chi connectivity index (χ0v) is 20.8. The Morgan fingerprint density at radius 2 is 1.84 bits per heavy atom. The number of anilines is 1. The van der Waals surface area contributed by atoms with Crippen molar-refractivity contribution in [3.8, 4) is 34.3 Å². The summed E-state index contributed by atoms with van der Waals surface area (Å²) >= 11 is 0. The first-order valence-electron chi connectivity index (χ1n) is 11.4.